The number of ether oxygens (including phenoxy) is 3. The Kier molecular flexibility index (Phi) is 7.15. The van der Waals surface area contributed by atoms with E-state index in [0.29, 0.717) is 30.3 Å². The van der Waals surface area contributed by atoms with Crippen molar-refractivity contribution in [3.05, 3.63) is 52.1 Å². The van der Waals surface area contributed by atoms with Crippen LogP contribution < -0.4 is 19.5 Å². The Morgan fingerprint density at radius 3 is 2.47 bits per heavy atom. The zero-order valence-electron chi connectivity index (χ0n) is 18.0. The molecule has 30 heavy (non-hydrogen) atoms. The summed E-state index contributed by atoms with van der Waals surface area (Å²) >= 11 is 0. The first-order valence-electron chi connectivity index (χ1n) is 10.0. The van der Waals surface area contributed by atoms with Crippen molar-refractivity contribution >= 4 is 5.91 Å². The molecule has 0 aliphatic carbocycles. The Balaban J connectivity index is 1.69. The van der Waals surface area contributed by atoms with Crippen molar-refractivity contribution in [2.45, 2.75) is 26.8 Å². The van der Waals surface area contributed by atoms with Crippen LogP contribution in [0.1, 0.15) is 32.6 Å². The quantitative estimate of drug-likeness (QED) is 0.716. The van der Waals surface area contributed by atoms with Crippen LogP contribution in [0.15, 0.2) is 24.3 Å². The molecule has 2 aromatic carbocycles. The smallest absolute Gasteiger partial charge is 0.256 e. The number of fused-ring (bicyclic) bond motifs is 1. The Bertz CT molecular complexity index is 917. The molecule has 1 aliphatic heterocycles. The third-order valence-corrected chi connectivity index (χ3v) is 5.25. The fourth-order valence-corrected chi connectivity index (χ4v) is 3.81. The van der Waals surface area contributed by atoms with Gasteiger partial charge in [-0.1, -0.05) is 6.07 Å². The highest BCUT2D eigenvalue weighted by molar-refractivity contribution is 5.97. The van der Waals surface area contributed by atoms with Crippen LogP contribution in [-0.4, -0.2) is 51.5 Å². The van der Waals surface area contributed by atoms with Crippen molar-refractivity contribution in [1.82, 2.24) is 10.2 Å². The van der Waals surface area contributed by atoms with Gasteiger partial charge in [0.25, 0.3) is 5.91 Å². The molecule has 0 aromatic heterocycles. The van der Waals surface area contributed by atoms with Crippen molar-refractivity contribution in [1.29, 1.82) is 0 Å². The number of hydrogen-bond donors (Lipinski definition) is 1. The van der Waals surface area contributed by atoms with Crippen LogP contribution in [0.4, 0.5) is 4.39 Å². The maximum atomic E-state index is 12.9. The first-order chi connectivity index (χ1) is 14.5. The fraction of sp³-hybridized carbons (Fsp3) is 0.435. The second-order valence-electron chi connectivity index (χ2n) is 7.44. The molecule has 6 nitrogen and oxygen atoms in total. The molecule has 0 spiro atoms. The molecule has 0 saturated carbocycles. The molecule has 0 saturated heterocycles. The number of carbonyl (C=O) groups excluding carboxylic acids is 1. The van der Waals surface area contributed by atoms with E-state index in [1.54, 1.807) is 20.3 Å². The predicted molar refractivity (Wildman–Crippen MR) is 113 cm³/mol. The average molecular weight is 415 g/mol. The number of aryl methyl sites for hydroxylation is 2. The van der Waals surface area contributed by atoms with Gasteiger partial charge in [0, 0.05) is 13.1 Å². The molecular formula is C23H29FN2O4. The van der Waals surface area contributed by atoms with Crippen molar-refractivity contribution in [3.63, 3.8) is 0 Å². The molecule has 1 N–H and O–H groups in total. The summed E-state index contributed by atoms with van der Waals surface area (Å²) in [7, 11) is 3.25. The van der Waals surface area contributed by atoms with Crippen LogP contribution in [0.25, 0.3) is 0 Å². The molecule has 0 unspecified atom stereocenters. The number of nitrogens with zero attached hydrogens (tertiary/aromatic N) is 1. The van der Waals surface area contributed by atoms with Crippen LogP contribution in [0.2, 0.25) is 0 Å². The summed E-state index contributed by atoms with van der Waals surface area (Å²) in [6, 6.07) is 7.72. The van der Waals surface area contributed by atoms with E-state index in [9.17, 15) is 9.18 Å². The minimum Gasteiger partial charge on any atom is -0.493 e. The monoisotopic (exact) mass is 415 g/mol. The molecule has 7 heteroatoms. The predicted octanol–water partition coefficient (Wildman–Crippen LogP) is 3.41. The maximum Gasteiger partial charge on any atom is 0.256 e. The first kappa shape index (κ1) is 21.9. The number of nitrogens with one attached hydrogen (secondary N) is 1. The highest BCUT2D eigenvalue weighted by atomic mass is 18.2. The van der Waals surface area contributed by atoms with Crippen LogP contribution in [0, 0.1) is 13.8 Å². The Labute approximate surface area is 176 Å². The number of carbonyl (C=O) groups is 1. The number of alkyl halides is 1. The van der Waals surface area contributed by atoms with E-state index in [1.165, 1.54) is 5.56 Å². The van der Waals surface area contributed by atoms with Gasteiger partial charge in [-0.2, -0.15) is 0 Å². The van der Waals surface area contributed by atoms with E-state index in [4.69, 9.17) is 14.2 Å². The molecule has 0 bridgehead atoms. The van der Waals surface area contributed by atoms with Gasteiger partial charge in [0.05, 0.1) is 26.5 Å². The van der Waals surface area contributed by atoms with Crippen molar-refractivity contribution in [3.8, 4) is 17.2 Å². The van der Waals surface area contributed by atoms with Gasteiger partial charge < -0.3 is 19.5 Å². The van der Waals surface area contributed by atoms with Crippen molar-refractivity contribution < 1.29 is 23.4 Å². The van der Waals surface area contributed by atoms with Crippen molar-refractivity contribution in [2.75, 3.05) is 40.7 Å². The molecule has 0 atom stereocenters. The standard InChI is InChI=1S/C23H29FN2O4/c1-15-9-16(2)22(30-8-6-24)19(10-15)23(27)25-14-26-7-5-17-11-20(28-3)21(29-4)12-18(17)13-26/h9-12H,5-8,13-14H2,1-4H3,(H,25,27)/i24-1. The van der Waals surface area contributed by atoms with Gasteiger partial charge >= 0.3 is 0 Å². The largest absolute Gasteiger partial charge is 0.493 e. The highest BCUT2D eigenvalue weighted by Gasteiger charge is 2.21. The molecule has 0 fully saturated rings. The second kappa shape index (κ2) is 9.80. The number of amides is 1. The van der Waals surface area contributed by atoms with Gasteiger partial charge in [0.15, 0.2) is 11.5 Å². The molecule has 1 amide bonds. The molecule has 0 radical (unpaired) electrons. The lowest BCUT2D eigenvalue weighted by molar-refractivity contribution is 0.0912. The van der Waals surface area contributed by atoms with Gasteiger partial charge in [0.2, 0.25) is 0 Å². The first-order valence-corrected chi connectivity index (χ1v) is 10.0. The maximum absolute atomic E-state index is 12.9. The zero-order chi connectivity index (χ0) is 21.7. The summed E-state index contributed by atoms with van der Waals surface area (Å²) in [5.74, 6) is 1.64. The summed E-state index contributed by atoms with van der Waals surface area (Å²) in [5.41, 5.74) is 4.60. The van der Waals surface area contributed by atoms with Gasteiger partial charge in [-0.25, -0.2) is 4.39 Å². The Morgan fingerprint density at radius 1 is 1.10 bits per heavy atom. The summed E-state index contributed by atoms with van der Waals surface area (Å²) in [6.45, 7) is 5.04. The molecule has 162 valence electrons. The number of methoxy groups -OCH3 is 2. The van der Waals surface area contributed by atoms with Gasteiger partial charge in [-0.3, -0.25) is 9.69 Å². The number of rotatable bonds is 8. The molecular weight excluding hydrogens is 386 g/mol. The lowest BCUT2D eigenvalue weighted by atomic mass is 9.99. The summed E-state index contributed by atoms with van der Waals surface area (Å²) < 4.78 is 28.9. The zero-order valence-corrected chi connectivity index (χ0v) is 18.0. The van der Waals surface area contributed by atoms with E-state index in [-0.39, 0.29) is 12.5 Å². The summed E-state index contributed by atoms with van der Waals surface area (Å²) in [4.78, 5) is 15.0. The lowest BCUT2D eigenvalue weighted by Gasteiger charge is -2.29. The summed E-state index contributed by atoms with van der Waals surface area (Å²) in [6.07, 6.45) is 0.861. The lowest BCUT2D eigenvalue weighted by Crippen LogP contribution is -2.40. The average Bonchev–Trinajstić information content (AvgIpc) is 2.75. The van der Waals surface area contributed by atoms with E-state index >= 15 is 0 Å². The SMILES string of the molecule is COc1cc2c(cc1OC)CN(CNC(=O)c1cc(C)cc(C)c1OCC[18F])CC2. The van der Waals surface area contributed by atoms with Crippen LogP contribution in [0.5, 0.6) is 17.2 Å². The van der Waals surface area contributed by atoms with Gasteiger partial charge in [-0.15, -0.1) is 0 Å². The number of halogens is 1. The van der Waals surface area contributed by atoms with E-state index in [0.717, 1.165) is 35.4 Å². The van der Waals surface area contributed by atoms with E-state index < -0.39 is 6.67 Å². The Hall–Kier alpha value is -2.80. The van der Waals surface area contributed by atoms with E-state index in [1.807, 2.05) is 32.0 Å². The third-order valence-electron chi connectivity index (χ3n) is 5.25. The van der Waals surface area contributed by atoms with Crippen molar-refractivity contribution in [2.24, 2.45) is 0 Å². The minimum absolute atomic E-state index is 0.0710. The van der Waals surface area contributed by atoms with Crippen LogP contribution >= 0.6 is 0 Å². The van der Waals surface area contributed by atoms with Gasteiger partial charge in [-0.05, 0) is 60.7 Å². The third kappa shape index (κ3) is 4.84. The highest BCUT2D eigenvalue weighted by Crippen LogP contribution is 2.33. The fourth-order valence-electron chi connectivity index (χ4n) is 3.81. The Morgan fingerprint density at radius 2 is 1.80 bits per heavy atom. The molecule has 3 rings (SSSR count). The summed E-state index contributed by atoms with van der Waals surface area (Å²) in [5, 5.41) is 2.98. The second-order valence-corrected chi connectivity index (χ2v) is 7.44. The van der Waals surface area contributed by atoms with Gasteiger partial charge in [0.1, 0.15) is 19.0 Å². The minimum atomic E-state index is -0.601. The topological polar surface area (TPSA) is 60.0 Å². The molecule has 1 aliphatic rings. The normalized spacial score (nSPS) is 13.5. The number of hydrogen-bond acceptors (Lipinski definition) is 5. The molecule has 1 heterocycles. The van der Waals surface area contributed by atoms with Crippen LogP contribution in [0.3, 0.4) is 0 Å². The van der Waals surface area contributed by atoms with Crippen LogP contribution in [-0.2, 0) is 13.0 Å². The molecule has 2 aromatic rings. The number of benzene rings is 2. The van der Waals surface area contributed by atoms with E-state index in [2.05, 4.69) is 10.2 Å².